The van der Waals surface area contributed by atoms with E-state index in [0.717, 1.165) is 38.3 Å². The van der Waals surface area contributed by atoms with Gasteiger partial charge >= 0.3 is 0 Å². The van der Waals surface area contributed by atoms with Crippen LogP contribution in [0.5, 0.6) is 0 Å². The van der Waals surface area contributed by atoms with E-state index in [2.05, 4.69) is 15.6 Å². The summed E-state index contributed by atoms with van der Waals surface area (Å²) in [5.41, 5.74) is 0.921. The van der Waals surface area contributed by atoms with Crippen LogP contribution in [-0.4, -0.2) is 55.0 Å². The Morgan fingerprint density at radius 1 is 1.52 bits per heavy atom. The highest BCUT2D eigenvalue weighted by atomic mass is 16.5. The van der Waals surface area contributed by atoms with Crippen molar-refractivity contribution in [1.29, 1.82) is 0 Å². The monoisotopic (exact) mass is 296 g/mol. The molecule has 2 N–H and O–H groups in total. The molecule has 1 amide bonds. The lowest BCUT2D eigenvalue weighted by molar-refractivity contribution is -0.122. The van der Waals surface area contributed by atoms with Crippen molar-refractivity contribution >= 4 is 5.91 Å². The van der Waals surface area contributed by atoms with Crippen molar-refractivity contribution in [2.75, 3.05) is 33.5 Å². The summed E-state index contributed by atoms with van der Waals surface area (Å²) in [5.74, 6) is 0.0261. The van der Waals surface area contributed by atoms with E-state index in [1.165, 1.54) is 0 Å². The summed E-state index contributed by atoms with van der Waals surface area (Å²) in [5, 5.41) is 6.26. The number of nitrogens with one attached hydrogen (secondary N) is 2. The Morgan fingerprint density at radius 2 is 2.33 bits per heavy atom. The first kappa shape index (κ1) is 15.9. The summed E-state index contributed by atoms with van der Waals surface area (Å²) in [6, 6.07) is 0.241. The van der Waals surface area contributed by atoms with Crippen LogP contribution in [0.25, 0.3) is 0 Å². The van der Waals surface area contributed by atoms with Crippen LogP contribution in [0.2, 0.25) is 0 Å². The molecule has 118 valence electrons. The fraction of sp³-hybridized carbons (Fsp3) is 0.714. The molecule has 0 saturated carbocycles. The maximum absolute atomic E-state index is 12.0. The van der Waals surface area contributed by atoms with Crippen LogP contribution in [0.4, 0.5) is 0 Å². The van der Waals surface area contributed by atoms with E-state index in [1.807, 2.05) is 10.8 Å². The number of methoxy groups -OCH3 is 1. The molecule has 0 unspecified atom stereocenters. The minimum Gasteiger partial charge on any atom is -0.383 e. The van der Waals surface area contributed by atoms with Crippen LogP contribution in [0.3, 0.4) is 0 Å². The van der Waals surface area contributed by atoms with Crippen molar-refractivity contribution in [2.45, 2.75) is 32.0 Å². The molecule has 7 nitrogen and oxygen atoms in total. The summed E-state index contributed by atoms with van der Waals surface area (Å²) in [4.78, 5) is 16.2. The number of carbonyl (C=O) groups excluding carboxylic acids is 1. The standard InChI is InChI=1S/C14H24N4O3/c1-20-7-4-15-8-13-9-18(11-16-13)10-14(19)17-12-2-5-21-6-3-12/h9,11-12,15H,2-8,10H2,1H3,(H,17,19). The van der Waals surface area contributed by atoms with Gasteiger partial charge in [-0.05, 0) is 12.8 Å². The maximum atomic E-state index is 12.0. The van der Waals surface area contributed by atoms with Gasteiger partial charge in [0.25, 0.3) is 0 Å². The number of nitrogens with zero attached hydrogens (tertiary/aromatic N) is 2. The molecule has 0 atom stereocenters. The second-order valence-corrected chi connectivity index (χ2v) is 5.16. The Bertz CT molecular complexity index is 430. The third kappa shape index (κ3) is 5.82. The molecular weight excluding hydrogens is 272 g/mol. The van der Waals surface area contributed by atoms with Crippen molar-refractivity contribution in [1.82, 2.24) is 20.2 Å². The summed E-state index contributed by atoms with van der Waals surface area (Å²) >= 11 is 0. The number of aromatic nitrogens is 2. The Hall–Kier alpha value is -1.44. The van der Waals surface area contributed by atoms with E-state index in [0.29, 0.717) is 19.7 Å². The van der Waals surface area contributed by atoms with Gasteiger partial charge in [-0.15, -0.1) is 0 Å². The number of hydrogen-bond acceptors (Lipinski definition) is 5. The van der Waals surface area contributed by atoms with E-state index < -0.39 is 0 Å². The highest BCUT2D eigenvalue weighted by molar-refractivity contribution is 5.76. The first-order valence-corrected chi connectivity index (χ1v) is 7.35. The molecule has 1 aliphatic rings. The van der Waals surface area contributed by atoms with Crippen molar-refractivity contribution in [3.8, 4) is 0 Å². The molecule has 7 heteroatoms. The third-order valence-corrected chi connectivity index (χ3v) is 3.39. The molecule has 1 saturated heterocycles. The normalized spacial score (nSPS) is 16.0. The average Bonchev–Trinajstić information content (AvgIpc) is 2.92. The molecule has 2 rings (SSSR count). The van der Waals surface area contributed by atoms with Gasteiger partial charge in [-0.25, -0.2) is 4.98 Å². The summed E-state index contributed by atoms with van der Waals surface area (Å²) in [7, 11) is 1.67. The van der Waals surface area contributed by atoms with Gasteiger partial charge in [-0.3, -0.25) is 4.79 Å². The summed E-state index contributed by atoms with van der Waals surface area (Å²) < 4.78 is 12.0. The smallest absolute Gasteiger partial charge is 0.240 e. The third-order valence-electron chi connectivity index (χ3n) is 3.39. The quantitative estimate of drug-likeness (QED) is 0.656. The van der Waals surface area contributed by atoms with Gasteiger partial charge in [0.05, 0.1) is 18.6 Å². The lowest BCUT2D eigenvalue weighted by Crippen LogP contribution is -2.40. The number of rotatable bonds is 8. The maximum Gasteiger partial charge on any atom is 0.240 e. The van der Waals surface area contributed by atoms with Crippen LogP contribution in [0.1, 0.15) is 18.5 Å². The first-order chi connectivity index (χ1) is 10.3. The minimum atomic E-state index is 0.0261. The Labute approximate surface area is 125 Å². The Balaban J connectivity index is 1.69. The van der Waals surface area contributed by atoms with Crippen LogP contribution in [0.15, 0.2) is 12.5 Å². The van der Waals surface area contributed by atoms with Crippen LogP contribution in [0, 0.1) is 0 Å². The van der Waals surface area contributed by atoms with Crippen LogP contribution in [-0.2, 0) is 27.4 Å². The van der Waals surface area contributed by atoms with E-state index in [1.54, 1.807) is 13.4 Å². The molecule has 1 aromatic rings. The zero-order chi connectivity index (χ0) is 14.9. The Morgan fingerprint density at radius 3 is 3.10 bits per heavy atom. The van der Waals surface area contributed by atoms with Crippen molar-refractivity contribution in [2.24, 2.45) is 0 Å². The zero-order valence-electron chi connectivity index (χ0n) is 12.5. The number of imidazole rings is 1. The minimum absolute atomic E-state index is 0.0261. The second-order valence-electron chi connectivity index (χ2n) is 5.16. The van der Waals surface area contributed by atoms with Gasteiger partial charge in [0.2, 0.25) is 5.91 Å². The number of hydrogen-bond donors (Lipinski definition) is 2. The van der Waals surface area contributed by atoms with Gasteiger partial charge in [0.1, 0.15) is 6.54 Å². The topological polar surface area (TPSA) is 77.4 Å². The summed E-state index contributed by atoms with van der Waals surface area (Å²) in [6.45, 7) is 3.91. The van der Waals surface area contributed by atoms with Gasteiger partial charge in [0.15, 0.2) is 0 Å². The van der Waals surface area contributed by atoms with Crippen molar-refractivity contribution in [3.63, 3.8) is 0 Å². The van der Waals surface area contributed by atoms with E-state index in [9.17, 15) is 4.79 Å². The fourth-order valence-corrected chi connectivity index (χ4v) is 2.26. The molecule has 0 aliphatic carbocycles. The number of carbonyl (C=O) groups is 1. The van der Waals surface area contributed by atoms with E-state index in [-0.39, 0.29) is 11.9 Å². The molecular formula is C14H24N4O3. The largest absolute Gasteiger partial charge is 0.383 e. The van der Waals surface area contributed by atoms with E-state index >= 15 is 0 Å². The molecule has 21 heavy (non-hydrogen) atoms. The van der Waals surface area contributed by atoms with Crippen molar-refractivity contribution in [3.05, 3.63) is 18.2 Å². The van der Waals surface area contributed by atoms with Crippen LogP contribution < -0.4 is 10.6 Å². The first-order valence-electron chi connectivity index (χ1n) is 7.35. The predicted molar refractivity (Wildman–Crippen MR) is 77.8 cm³/mol. The second kappa shape index (κ2) is 8.76. The highest BCUT2D eigenvalue weighted by Gasteiger charge is 2.16. The number of amides is 1. The lowest BCUT2D eigenvalue weighted by atomic mass is 10.1. The molecule has 2 heterocycles. The van der Waals surface area contributed by atoms with E-state index in [4.69, 9.17) is 9.47 Å². The SMILES string of the molecule is COCCNCc1cn(CC(=O)NC2CCOCC2)cn1. The molecule has 0 radical (unpaired) electrons. The molecule has 0 spiro atoms. The predicted octanol–water partition coefficient (Wildman–Crippen LogP) is -0.0857. The summed E-state index contributed by atoms with van der Waals surface area (Å²) in [6.07, 6.45) is 5.37. The molecule has 0 aromatic carbocycles. The highest BCUT2D eigenvalue weighted by Crippen LogP contribution is 2.06. The van der Waals surface area contributed by atoms with Gasteiger partial charge in [-0.1, -0.05) is 0 Å². The molecule has 1 aromatic heterocycles. The van der Waals surface area contributed by atoms with Gasteiger partial charge in [-0.2, -0.15) is 0 Å². The molecule has 1 fully saturated rings. The number of ether oxygens (including phenoxy) is 2. The van der Waals surface area contributed by atoms with Crippen LogP contribution >= 0.6 is 0 Å². The Kier molecular flexibility index (Phi) is 6.65. The lowest BCUT2D eigenvalue weighted by Gasteiger charge is -2.23. The average molecular weight is 296 g/mol. The van der Waals surface area contributed by atoms with Crippen molar-refractivity contribution < 1.29 is 14.3 Å². The van der Waals surface area contributed by atoms with Gasteiger partial charge < -0.3 is 24.7 Å². The molecule has 1 aliphatic heterocycles. The fourth-order valence-electron chi connectivity index (χ4n) is 2.26. The zero-order valence-corrected chi connectivity index (χ0v) is 12.5. The van der Waals surface area contributed by atoms with Gasteiger partial charge in [0, 0.05) is 45.7 Å². The molecule has 0 bridgehead atoms.